The molecular weight excluding hydrogens is 346 g/mol. The van der Waals surface area contributed by atoms with Crippen molar-refractivity contribution in [3.63, 3.8) is 0 Å². The fraction of sp³-hybridized carbons (Fsp3) is 0.350. The molecule has 1 aliphatic rings. The molecule has 6 heteroatoms. The molecule has 1 aromatic carbocycles. The van der Waals surface area contributed by atoms with Crippen molar-refractivity contribution in [3.8, 4) is 0 Å². The number of amides is 1. The number of nitrogens with zero attached hydrogens (tertiary/aromatic N) is 1. The van der Waals surface area contributed by atoms with Crippen LogP contribution in [0.25, 0.3) is 10.2 Å². The Morgan fingerprint density at radius 3 is 2.88 bits per heavy atom. The number of fused-ring (bicyclic) bond motifs is 3. The Labute approximate surface area is 155 Å². The van der Waals surface area contributed by atoms with Gasteiger partial charge in [-0.25, -0.2) is 4.98 Å². The van der Waals surface area contributed by atoms with Gasteiger partial charge in [0.2, 0.25) is 5.91 Å². The molecule has 0 radical (unpaired) electrons. The molecule has 0 unspecified atom stereocenters. The van der Waals surface area contributed by atoms with Crippen LogP contribution in [0.1, 0.15) is 40.2 Å². The molecule has 5 nitrogen and oxygen atoms in total. The number of aryl methyl sites for hydroxylation is 4. The highest BCUT2D eigenvalue weighted by atomic mass is 32.1. The van der Waals surface area contributed by atoms with Gasteiger partial charge in [-0.1, -0.05) is 29.8 Å². The molecule has 26 heavy (non-hydrogen) atoms. The van der Waals surface area contributed by atoms with Gasteiger partial charge in [0.1, 0.15) is 10.7 Å². The average molecular weight is 367 g/mol. The molecule has 3 aromatic rings. The standard InChI is InChI=1S/C20H21N3O2S/c1-12-5-7-13(8-6-12)11-21-17(24)10-9-16-22-19(25)18-14-3-2-4-15(14)26-20(18)23-16/h5-8H,2-4,9-11H2,1H3,(H,21,24)(H,22,23,25). The highest BCUT2D eigenvalue weighted by Gasteiger charge is 2.21. The third-order valence-corrected chi connectivity index (χ3v) is 6.01. The molecule has 4 rings (SSSR count). The summed E-state index contributed by atoms with van der Waals surface area (Å²) in [6.07, 6.45) is 3.89. The van der Waals surface area contributed by atoms with Gasteiger partial charge in [-0.2, -0.15) is 0 Å². The monoisotopic (exact) mass is 367 g/mol. The lowest BCUT2D eigenvalue weighted by Gasteiger charge is -2.06. The Hall–Kier alpha value is -2.47. The summed E-state index contributed by atoms with van der Waals surface area (Å²) in [6, 6.07) is 8.09. The summed E-state index contributed by atoms with van der Waals surface area (Å²) in [5.41, 5.74) is 3.39. The van der Waals surface area contributed by atoms with E-state index in [4.69, 9.17) is 0 Å². The molecule has 1 amide bonds. The molecule has 1 aliphatic carbocycles. The number of hydrogen-bond acceptors (Lipinski definition) is 4. The summed E-state index contributed by atoms with van der Waals surface area (Å²) in [7, 11) is 0. The Kier molecular flexibility index (Phi) is 4.59. The van der Waals surface area contributed by atoms with E-state index in [9.17, 15) is 9.59 Å². The molecule has 0 saturated carbocycles. The Balaban J connectivity index is 1.39. The van der Waals surface area contributed by atoms with E-state index in [1.165, 1.54) is 16.0 Å². The number of benzene rings is 1. The van der Waals surface area contributed by atoms with Gasteiger partial charge in [0, 0.05) is 24.3 Å². The predicted octanol–water partition coefficient (Wildman–Crippen LogP) is 3.03. The maximum absolute atomic E-state index is 12.4. The zero-order valence-corrected chi connectivity index (χ0v) is 15.5. The van der Waals surface area contributed by atoms with Crippen molar-refractivity contribution in [2.45, 2.75) is 45.6 Å². The minimum atomic E-state index is -0.0653. The summed E-state index contributed by atoms with van der Waals surface area (Å²) >= 11 is 1.63. The molecule has 0 saturated heterocycles. The highest BCUT2D eigenvalue weighted by molar-refractivity contribution is 7.18. The Morgan fingerprint density at radius 1 is 1.27 bits per heavy atom. The van der Waals surface area contributed by atoms with E-state index < -0.39 is 0 Å². The van der Waals surface area contributed by atoms with Gasteiger partial charge in [0.05, 0.1) is 5.39 Å². The molecule has 2 heterocycles. The first kappa shape index (κ1) is 17.0. The maximum atomic E-state index is 12.4. The van der Waals surface area contributed by atoms with Crippen molar-refractivity contribution in [1.29, 1.82) is 0 Å². The summed E-state index contributed by atoms with van der Waals surface area (Å²) in [5.74, 6) is 0.551. The lowest BCUT2D eigenvalue weighted by molar-refractivity contribution is -0.121. The molecule has 134 valence electrons. The number of hydrogen-bond donors (Lipinski definition) is 2. The second-order valence-corrected chi connectivity index (χ2v) is 7.90. The van der Waals surface area contributed by atoms with Crippen molar-refractivity contribution in [2.75, 3.05) is 0 Å². The van der Waals surface area contributed by atoms with Gasteiger partial charge in [0.25, 0.3) is 5.56 Å². The molecule has 0 fully saturated rings. The Morgan fingerprint density at radius 2 is 2.08 bits per heavy atom. The SMILES string of the molecule is Cc1ccc(CNC(=O)CCc2nc3sc4c(c3c(=O)[nH]2)CCC4)cc1. The minimum absolute atomic E-state index is 0.0398. The Bertz CT molecular complexity index is 1020. The van der Waals surface area contributed by atoms with E-state index in [1.807, 2.05) is 31.2 Å². The number of nitrogens with one attached hydrogen (secondary N) is 2. The highest BCUT2D eigenvalue weighted by Crippen LogP contribution is 2.34. The van der Waals surface area contributed by atoms with Crippen LogP contribution in [0.4, 0.5) is 0 Å². The van der Waals surface area contributed by atoms with Crippen LogP contribution in [0.3, 0.4) is 0 Å². The van der Waals surface area contributed by atoms with Gasteiger partial charge in [0.15, 0.2) is 0 Å². The molecule has 0 atom stereocenters. The van der Waals surface area contributed by atoms with Crippen LogP contribution in [0.15, 0.2) is 29.1 Å². The molecule has 0 bridgehead atoms. The van der Waals surface area contributed by atoms with Crippen LogP contribution in [0.2, 0.25) is 0 Å². The molecule has 0 spiro atoms. The van der Waals surface area contributed by atoms with E-state index in [0.717, 1.165) is 35.0 Å². The van der Waals surface area contributed by atoms with E-state index in [1.54, 1.807) is 11.3 Å². The topological polar surface area (TPSA) is 74.8 Å². The van der Waals surface area contributed by atoms with Crippen LogP contribution in [-0.2, 0) is 30.6 Å². The van der Waals surface area contributed by atoms with Crippen molar-refractivity contribution < 1.29 is 4.79 Å². The van der Waals surface area contributed by atoms with Gasteiger partial charge < -0.3 is 10.3 Å². The first-order chi connectivity index (χ1) is 12.6. The number of aromatic nitrogens is 2. The summed E-state index contributed by atoms with van der Waals surface area (Å²) in [4.78, 5) is 34.1. The normalized spacial score (nSPS) is 13.1. The van der Waals surface area contributed by atoms with Crippen molar-refractivity contribution >= 4 is 27.5 Å². The quantitative estimate of drug-likeness (QED) is 0.728. The second-order valence-electron chi connectivity index (χ2n) is 6.81. The largest absolute Gasteiger partial charge is 0.352 e. The summed E-state index contributed by atoms with van der Waals surface area (Å²) in [5, 5.41) is 3.68. The van der Waals surface area contributed by atoms with E-state index in [-0.39, 0.29) is 11.5 Å². The number of H-pyrrole nitrogens is 1. The zero-order chi connectivity index (χ0) is 18.1. The maximum Gasteiger partial charge on any atom is 0.259 e. The van der Waals surface area contributed by atoms with E-state index in [0.29, 0.717) is 25.2 Å². The van der Waals surface area contributed by atoms with Crippen LogP contribution >= 0.6 is 11.3 Å². The summed E-state index contributed by atoms with van der Waals surface area (Å²) in [6.45, 7) is 2.55. The lowest BCUT2D eigenvalue weighted by atomic mass is 10.1. The molecule has 0 aliphatic heterocycles. The van der Waals surface area contributed by atoms with Gasteiger partial charge >= 0.3 is 0 Å². The van der Waals surface area contributed by atoms with Gasteiger partial charge in [-0.15, -0.1) is 11.3 Å². The number of rotatable bonds is 5. The fourth-order valence-electron chi connectivity index (χ4n) is 3.39. The average Bonchev–Trinajstić information content (AvgIpc) is 3.20. The predicted molar refractivity (Wildman–Crippen MR) is 104 cm³/mol. The fourth-order valence-corrected chi connectivity index (χ4v) is 4.67. The lowest BCUT2D eigenvalue weighted by Crippen LogP contribution is -2.23. The third kappa shape index (κ3) is 3.42. The van der Waals surface area contributed by atoms with Gasteiger partial charge in [-0.3, -0.25) is 9.59 Å². The van der Waals surface area contributed by atoms with Crippen molar-refractivity contribution in [3.05, 3.63) is 62.0 Å². The van der Waals surface area contributed by atoms with Crippen LogP contribution in [0, 0.1) is 6.92 Å². The minimum Gasteiger partial charge on any atom is -0.352 e. The van der Waals surface area contributed by atoms with Crippen molar-refractivity contribution in [1.82, 2.24) is 15.3 Å². The number of carbonyl (C=O) groups is 1. The molecule has 2 aromatic heterocycles. The number of carbonyl (C=O) groups excluding carboxylic acids is 1. The van der Waals surface area contributed by atoms with Crippen LogP contribution < -0.4 is 10.9 Å². The number of thiophene rings is 1. The molecule has 2 N–H and O–H groups in total. The summed E-state index contributed by atoms with van der Waals surface area (Å²) < 4.78 is 0. The first-order valence-electron chi connectivity index (χ1n) is 8.96. The third-order valence-electron chi connectivity index (χ3n) is 4.82. The van der Waals surface area contributed by atoms with Crippen molar-refractivity contribution in [2.24, 2.45) is 0 Å². The van der Waals surface area contributed by atoms with Crippen LogP contribution in [-0.4, -0.2) is 15.9 Å². The zero-order valence-electron chi connectivity index (χ0n) is 14.7. The van der Waals surface area contributed by atoms with Crippen LogP contribution in [0.5, 0.6) is 0 Å². The smallest absolute Gasteiger partial charge is 0.259 e. The van der Waals surface area contributed by atoms with Gasteiger partial charge in [-0.05, 0) is 37.3 Å². The van der Waals surface area contributed by atoms with E-state index in [2.05, 4.69) is 15.3 Å². The van der Waals surface area contributed by atoms with E-state index >= 15 is 0 Å². The molecular formula is C20H21N3O2S. The number of aromatic amines is 1. The second kappa shape index (κ2) is 7.03. The first-order valence-corrected chi connectivity index (χ1v) is 9.77.